The largest absolute Gasteiger partial charge is 0.377 e. The second-order valence-corrected chi connectivity index (χ2v) is 6.13. The van der Waals surface area contributed by atoms with Gasteiger partial charge in [0.05, 0.1) is 4.90 Å². The lowest BCUT2D eigenvalue weighted by Gasteiger charge is -2.16. The van der Waals surface area contributed by atoms with E-state index < -0.39 is 10.0 Å². The van der Waals surface area contributed by atoms with Gasteiger partial charge in [-0.2, -0.15) is 13.5 Å². The zero-order chi connectivity index (χ0) is 14.8. The number of benzene rings is 2. The molecular formula is C14H17N3O2S. The molecule has 2 rings (SSSR count). The topological polar surface area (TPSA) is 61.8 Å². The summed E-state index contributed by atoms with van der Waals surface area (Å²) in [7, 11) is 0.194. The van der Waals surface area contributed by atoms with E-state index in [0.29, 0.717) is 5.39 Å². The number of hydrogen-bond acceptors (Lipinski definition) is 4. The van der Waals surface area contributed by atoms with Crippen LogP contribution in [-0.2, 0) is 10.0 Å². The fourth-order valence-electron chi connectivity index (χ4n) is 2.06. The van der Waals surface area contributed by atoms with Crippen LogP contribution in [0, 0.1) is 0 Å². The molecule has 2 aromatic rings. The molecule has 0 aliphatic carbocycles. The average Bonchev–Trinajstić information content (AvgIpc) is 2.43. The van der Waals surface area contributed by atoms with Crippen molar-refractivity contribution in [3.63, 3.8) is 0 Å². The highest BCUT2D eigenvalue weighted by Crippen LogP contribution is 2.29. The molecule has 0 amide bonds. The first-order chi connectivity index (χ1) is 9.47. The van der Waals surface area contributed by atoms with Crippen molar-refractivity contribution in [1.29, 1.82) is 0 Å². The number of anilines is 1. The SMILES string of the molecule is CC=NNS(=O)(=O)c1cccc2c(N(C)C)cccc12. The highest BCUT2D eigenvalue weighted by Gasteiger charge is 2.17. The molecule has 106 valence electrons. The Kier molecular flexibility index (Phi) is 3.94. The van der Waals surface area contributed by atoms with E-state index in [1.807, 2.05) is 37.2 Å². The summed E-state index contributed by atoms with van der Waals surface area (Å²) in [5.74, 6) is 0. The van der Waals surface area contributed by atoms with Crippen molar-refractivity contribution < 1.29 is 8.42 Å². The van der Waals surface area contributed by atoms with Crippen LogP contribution in [0.1, 0.15) is 6.92 Å². The molecule has 0 saturated heterocycles. The van der Waals surface area contributed by atoms with E-state index in [1.54, 1.807) is 25.1 Å². The Bertz CT molecular complexity index is 752. The fraction of sp³-hybridized carbons (Fsp3) is 0.214. The van der Waals surface area contributed by atoms with Crippen molar-refractivity contribution in [1.82, 2.24) is 4.83 Å². The third-order valence-electron chi connectivity index (χ3n) is 2.93. The van der Waals surface area contributed by atoms with Crippen LogP contribution in [0.5, 0.6) is 0 Å². The Morgan fingerprint density at radius 1 is 1.10 bits per heavy atom. The number of fused-ring (bicyclic) bond motifs is 1. The maximum atomic E-state index is 12.2. The van der Waals surface area contributed by atoms with Crippen LogP contribution in [0.4, 0.5) is 5.69 Å². The van der Waals surface area contributed by atoms with Gasteiger partial charge in [-0.1, -0.05) is 24.3 Å². The first-order valence-electron chi connectivity index (χ1n) is 6.16. The van der Waals surface area contributed by atoms with Gasteiger partial charge < -0.3 is 4.90 Å². The molecule has 0 heterocycles. The van der Waals surface area contributed by atoms with Crippen LogP contribution >= 0.6 is 0 Å². The molecule has 1 N–H and O–H groups in total. The smallest absolute Gasteiger partial charge is 0.277 e. The Morgan fingerprint density at radius 3 is 2.40 bits per heavy atom. The Labute approximate surface area is 119 Å². The summed E-state index contributed by atoms with van der Waals surface area (Å²) in [5, 5.41) is 5.18. The van der Waals surface area contributed by atoms with Crippen molar-refractivity contribution >= 4 is 32.7 Å². The summed E-state index contributed by atoms with van der Waals surface area (Å²) < 4.78 is 24.5. The van der Waals surface area contributed by atoms with E-state index >= 15 is 0 Å². The fourth-order valence-corrected chi connectivity index (χ4v) is 3.13. The summed E-state index contributed by atoms with van der Waals surface area (Å²) in [6.07, 6.45) is 1.40. The van der Waals surface area contributed by atoms with Crippen LogP contribution in [-0.4, -0.2) is 28.7 Å². The van der Waals surface area contributed by atoms with Gasteiger partial charge in [-0.25, -0.2) is 4.83 Å². The van der Waals surface area contributed by atoms with Crippen LogP contribution in [0.25, 0.3) is 10.8 Å². The number of nitrogens with zero attached hydrogens (tertiary/aromatic N) is 2. The molecule has 0 saturated carbocycles. The van der Waals surface area contributed by atoms with E-state index in [-0.39, 0.29) is 4.90 Å². The normalized spacial score (nSPS) is 11.9. The van der Waals surface area contributed by atoms with Gasteiger partial charge in [-0.05, 0) is 19.1 Å². The van der Waals surface area contributed by atoms with Crippen LogP contribution in [0.2, 0.25) is 0 Å². The molecule has 20 heavy (non-hydrogen) atoms. The van der Waals surface area contributed by atoms with E-state index in [1.165, 1.54) is 6.21 Å². The molecule has 0 radical (unpaired) electrons. The highest BCUT2D eigenvalue weighted by molar-refractivity contribution is 7.89. The molecular weight excluding hydrogens is 274 g/mol. The minimum absolute atomic E-state index is 0.226. The monoisotopic (exact) mass is 291 g/mol. The van der Waals surface area contributed by atoms with Gasteiger partial charge in [-0.3, -0.25) is 0 Å². The molecule has 6 heteroatoms. The van der Waals surface area contributed by atoms with Crippen LogP contribution in [0.15, 0.2) is 46.4 Å². The third kappa shape index (κ3) is 2.60. The molecule has 0 aliphatic rings. The zero-order valence-electron chi connectivity index (χ0n) is 11.7. The minimum atomic E-state index is -3.66. The molecule has 0 atom stereocenters. The molecule has 0 bridgehead atoms. The molecule has 2 aromatic carbocycles. The molecule has 0 fully saturated rings. The van der Waals surface area contributed by atoms with Gasteiger partial charge in [0.25, 0.3) is 10.0 Å². The van der Waals surface area contributed by atoms with Gasteiger partial charge in [0.2, 0.25) is 0 Å². The number of rotatable bonds is 4. The van der Waals surface area contributed by atoms with E-state index in [4.69, 9.17) is 0 Å². The van der Waals surface area contributed by atoms with Gasteiger partial charge >= 0.3 is 0 Å². The number of hydrazone groups is 1. The summed E-state index contributed by atoms with van der Waals surface area (Å²) in [6.45, 7) is 1.65. The summed E-state index contributed by atoms with van der Waals surface area (Å²) in [6, 6.07) is 10.8. The highest BCUT2D eigenvalue weighted by atomic mass is 32.2. The van der Waals surface area contributed by atoms with Crippen molar-refractivity contribution in [3.8, 4) is 0 Å². The summed E-state index contributed by atoms with van der Waals surface area (Å²) >= 11 is 0. The number of sulfonamides is 1. The average molecular weight is 291 g/mol. The van der Waals surface area contributed by atoms with E-state index in [0.717, 1.165) is 11.1 Å². The summed E-state index contributed by atoms with van der Waals surface area (Å²) in [5.41, 5.74) is 0.971. The van der Waals surface area contributed by atoms with Crippen molar-refractivity contribution in [2.24, 2.45) is 5.10 Å². The second kappa shape index (κ2) is 5.50. The van der Waals surface area contributed by atoms with Crippen LogP contribution in [0.3, 0.4) is 0 Å². The molecule has 0 aliphatic heterocycles. The van der Waals surface area contributed by atoms with Crippen LogP contribution < -0.4 is 9.73 Å². The lowest BCUT2D eigenvalue weighted by Crippen LogP contribution is -2.18. The van der Waals surface area contributed by atoms with Gasteiger partial charge in [0.15, 0.2) is 0 Å². The quantitative estimate of drug-likeness (QED) is 0.694. The molecule has 0 aromatic heterocycles. The predicted octanol–water partition coefficient (Wildman–Crippen LogP) is 2.19. The number of nitrogens with one attached hydrogen (secondary N) is 1. The zero-order valence-corrected chi connectivity index (χ0v) is 12.5. The first kappa shape index (κ1) is 14.3. The van der Waals surface area contributed by atoms with E-state index in [9.17, 15) is 8.42 Å². The second-order valence-electron chi connectivity index (χ2n) is 4.50. The van der Waals surface area contributed by atoms with Crippen molar-refractivity contribution in [2.45, 2.75) is 11.8 Å². The van der Waals surface area contributed by atoms with Gasteiger partial charge in [0, 0.05) is 36.8 Å². The van der Waals surface area contributed by atoms with E-state index in [2.05, 4.69) is 9.93 Å². The van der Waals surface area contributed by atoms with Gasteiger partial charge in [0.1, 0.15) is 0 Å². The lowest BCUT2D eigenvalue weighted by atomic mass is 10.1. The van der Waals surface area contributed by atoms with Crippen molar-refractivity contribution in [2.75, 3.05) is 19.0 Å². The standard InChI is InChI=1S/C14H17N3O2S/c1-4-15-16-20(18,19)14-10-6-7-11-12(14)8-5-9-13(11)17(2)3/h4-10,16H,1-3H3. The van der Waals surface area contributed by atoms with Crippen molar-refractivity contribution in [3.05, 3.63) is 36.4 Å². The minimum Gasteiger partial charge on any atom is -0.377 e. The Morgan fingerprint density at radius 2 is 1.75 bits per heavy atom. The molecule has 5 nitrogen and oxygen atoms in total. The summed E-state index contributed by atoms with van der Waals surface area (Å²) in [4.78, 5) is 4.37. The Balaban J connectivity index is 2.71. The van der Waals surface area contributed by atoms with Gasteiger partial charge in [-0.15, -0.1) is 0 Å². The third-order valence-corrected chi connectivity index (χ3v) is 4.21. The first-order valence-corrected chi connectivity index (χ1v) is 7.64. The predicted molar refractivity (Wildman–Crippen MR) is 82.8 cm³/mol. The molecule has 0 spiro atoms. The maximum Gasteiger partial charge on any atom is 0.277 e. The Hall–Kier alpha value is -2.08. The maximum absolute atomic E-state index is 12.2. The lowest BCUT2D eigenvalue weighted by molar-refractivity contribution is 0.585. The molecule has 0 unspecified atom stereocenters. The number of hydrogen-bond donors (Lipinski definition) is 1.